The fourth-order valence-electron chi connectivity index (χ4n) is 1.76. The van der Waals surface area contributed by atoms with Gasteiger partial charge in [0.1, 0.15) is 12.1 Å². The Hall–Kier alpha value is -2.97. The highest BCUT2D eigenvalue weighted by Gasteiger charge is 2.26. The number of carbonyl (C=O) groups is 4. The quantitative estimate of drug-likeness (QED) is 0.0591. The van der Waals surface area contributed by atoms with Gasteiger partial charge in [0.25, 0.3) is 5.91 Å². The molecule has 14 heteroatoms. The second-order valence-corrected chi connectivity index (χ2v) is 4.85. The number of carbonyl (C=O) groups excluding carboxylic acids is 4. The fraction of sp³-hybridized carbons (Fsp3) is 0.545. The summed E-state index contributed by atoms with van der Waals surface area (Å²) in [6.45, 7) is 0. The van der Waals surface area contributed by atoms with Gasteiger partial charge in [-0.15, -0.1) is 0 Å². The van der Waals surface area contributed by atoms with E-state index >= 15 is 0 Å². The number of hydrogen-bond acceptors (Lipinski definition) is 8. The van der Waals surface area contributed by atoms with Crippen LogP contribution >= 0.6 is 0 Å². The van der Waals surface area contributed by atoms with Crippen molar-refractivity contribution in [2.24, 2.45) is 34.0 Å². The second kappa shape index (κ2) is 11.5. The molecule has 0 fully saturated rings. The highest BCUT2D eigenvalue weighted by atomic mass is 16.2. The maximum atomic E-state index is 12.3. The van der Waals surface area contributed by atoms with Gasteiger partial charge in [-0.05, 0) is 12.8 Å². The standard InChI is InChI=1S/C11H24N10O4/c12-11(13)18-5(1-3-7(22)19-14)9(24)17-6(10(25)21-16)2-4-8(23)20-15/h5-6H,1-4,14-16H2,(H,17,24)(H,19,22)(H,20,23)(H,21,25)(H4,12,13,18)/t5-,6-/m0/s1. The van der Waals surface area contributed by atoms with Gasteiger partial charge in [-0.25, -0.2) is 22.5 Å². The maximum Gasteiger partial charge on any atom is 0.256 e. The summed E-state index contributed by atoms with van der Waals surface area (Å²) in [5, 5.41) is 2.36. The fourth-order valence-corrected chi connectivity index (χ4v) is 1.76. The third-order valence-electron chi connectivity index (χ3n) is 3.01. The molecule has 25 heavy (non-hydrogen) atoms. The van der Waals surface area contributed by atoms with Crippen molar-refractivity contribution in [3.8, 4) is 0 Å². The van der Waals surface area contributed by atoms with Crippen LogP contribution in [0.5, 0.6) is 0 Å². The second-order valence-electron chi connectivity index (χ2n) is 4.85. The van der Waals surface area contributed by atoms with Crippen LogP contribution in [-0.4, -0.2) is 41.7 Å². The zero-order valence-electron chi connectivity index (χ0n) is 13.5. The smallest absolute Gasteiger partial charge is 0.256 e. The van der Waals surface area contributed by atoms with Crippen molar-refractivity contribution in [2.45, 2.75) is 37.8 Å². The maximum absolute atomic E-state index is 12.3. The number of hydrazine groups is 3. The number of hydrogen-bond donors (Lipinski definition) is 9. The summed E-state index contributed by atoms with van der Waals surface area (Å²) in [4.78, 5) is 50.1. The number of guanidine groups is 1. The molecule has 142 valence electrons. The van der Waals surface area contributed by atoms with E-state index in [0.29, 0.717) is 0 Å². The van der Waals surface area contributed by atoms with Gasteiger partial charge in [-0.2, -0.15) is 0 Å². The average molecular weight is 360 g/mol. The Bertz CT molecular complexity index is 519. The topological polar surface area (TPSA) is 259 Å². The third kappa shape index (κ3) is 9.04. The van der Waals surface area contributed by atoms with Gasteiger partial charge in [0.05, 0.1) is 0 Å². The van der Waals surface area contributed by atoms with E-state index < -0.39 is 35.7 Å². The van der Waals surface area contributed by atoms with Crippen LogP contribution in [0.15, 0.2) is 4.99 Å². The summed E-state index contributed by atoms with van der Waals surface area (Å²) >= 11 is 0. The van der Waals surface area contributed by atoms with E-state index in [9.17, 15) is 19.2 Å². The minimum Gasteiger partial charge on any atom is -0.370 e. The van der Waals surface area contributed by atoms with Gasteiger partial charge < -0.3 is 16.8 Å². The van der Waals surface area contributed by atoms with E-state index in [4.69, 9.17) is 29.0 Å². The number of nitrogens with zero attached hydrogens (tertiary/aromatic N) is 1. The average Bonchev–Trinajstić information content (AvgIpc) is 2.59. The molecule has 0 aromatic heterocycles. The van der Waals surface area contributed by atoms with Crippen LogP contribution in [0.4, 0.5) is 0 Å². The van der Waals surface area contributed by atoms with Crippen LogP contribution in [-0.2, 0) is 19.2 Å². The lowest BCUT2D eigenvalue weighted by Gasteiger charge is -2.19. The lowest BCUT2D eigenvalue weighted by atomic mass is 10.1. The highest BCUT2D eigenvalue weighted by Crippen LogP contribution is 2.05. The Morgan fingerprint density at radius 1 is 0.800 bits per heavy atom. The number of nitrogens with one attached hydrogen (secondary N) is 4. The van der Waals surface area contributed by atoms with Gasteiger partial charge in [-0.1, -0.05) is 0 Å². The number of amides is 4. The number of aliphatic imine (C=N–C) groups is 1. The Labute approximate surface area is 143 Å². The predicted molar refractivity (Wildman–Crippen MR) is 87.0 cm³/mol. The van der Waals surface area contributed by atoms with Crippen molar-refractivity contribution in [3.63, 3.8) is 0 Å². The first-order valence-electron chi connectivity index (χ1n) is 7.13. The van der Waals surface area contributed by atoms with Crippen molar-refractivity contribution < 1.29 is 19.2 Å². The Morgan fingerprint density at radius 2 is 1.32 bits per heavy atom. The summed E-state index contributed by atoms with van der Waals surface area (Å²) in [7, 11) is 0. The SMILES string of the molecule is NNC(=O)CC[C@H](N=C(N)N)C(=O)N[C@@H](CCC(=O)NN)C(=O)NN. The molecule has 14 N–H and O–H groups in total. The van der Waals surface area contributed by atoms with Crippen LogP contribution in [0, 0.1) is 0 Å². The minimum atomic E-state index is -1.14. The van der Waals surface area contributed by atoms with Crippen LogP contribution in [0.3, 0.4) is 0 Å². The largest absolute Gasteiger partial charge is 0.370 e. The zero-order chi connectivity index (χ0) is 19.4. The van der Waals surface area contributed by atoms with E-state index in [2.05, 4.69) is 10.3 Å². The number of rotatable bonds is 10. The molecule has 0 radical (unpaired) electrons. The molecule has 2 atom stereocenters. The molecule has 0 aliphatic heterocycles. The van der Waals surface area contributed by atoms with Gasteiger partial charge >= 0.3 is 0 Å². The van der Waals surface area contributed by atoms with Gasteiger partial charge in [0.2, 0.25) is 17.7 Å². The van der Waals surface area contributed by atoms with Crippen molar-refractivity contribution in [2.75, 3.05) is 0 Å². The van der Waals surface area contributed by atoms with Gasteiger partial charge in [-0.3, -0.25) is 35.5 Å². The van der Waals surface area contributed by atoms with Gasteiger partial charge in [0, 0.05) is 12.8 Å². The van der Waals surface area contributed by atoms with E-state index in [0.717, 1.165) is 0 Å². The molecule has 14 nitrogen and oxygen atoms in total. The lowest BCUT2D eigenvalue weighted by Crippen LogP contribution is -2.52. The molecule has 0 unspecified atom stereocenters. The first-order valence-corrected chi connectivity index (χ1v) is 7.13. The number of nitrogens with two attached hydrogens (primary N) is 5. The Morgan fingerprint density at radius 3 is 1.76 bits per heavy atom. The minimum absolute atomic E-state index is 0.0625. The molecule has 0 saturated carbocycles. The summed E-state index contributed by atoms with van der Waals surface area (Å²) < 4.78 is 0. The molecule has 0 spiro atoms. The molecule has 0 rings (SSSR count). The van der Waals surface area contributed by atoms with Gasteiger partial charge in [0.15, 0.2) is 5.96 Å². The van der Waals surface area contributed by atoms with Crippen LogP contribution in [0.25, 0.3) is 0 Å². The molecule has 0 saturated heterocycles. The molecule has 0 bridgehead atoms. The molecule has 0 aromatic rings. The summed E-state index contributed by atoms with van der Waals surface area (Å²) in [6.07, 6.45) is -0.408. The van der Waals surface area contributed by atoms with E-state index in [-0.39, 0.29) is 31.6 Å². The zero-order valence-corrected chi connectivity index (χ0v) is 13.5. The van der Waals surface area contributed by atoms with Crippen molar-refractivity contribution >= 4 is 29.6 Å². The molecular weight excluding hydrogens is 336 g/mol. The van der Waals surface area contributed by atoms with Crippen molar-refractivity contribution in [3.05, 3.63) is 0 Å². The first kappa shape index (κ1) is 22.0. The molecule has 0 aliphatic carbocycles. The Kier molecular flexibility index (Phi) is 10.2. The van der Waals surface area contributed by atoms with E-state index in [1.807, 2.05) is 16.3 Å². The molecule has 0 aliphatic rings. The third-order valence-corrected chi connectivity index (χ3v) is 3.01. The molecular formula is C11H24N10O4. The van der Waals surface area contributed by atoms with E-state index in [1.54, 1.807) is 0 Å². The molecule has 4 amide bonds. The Balaban J connectivity index is 5.02. The highest BCUT2D eigenvalue weighted by molar-refractivity contribution is 5.91. The molecule has 0 heterocycles. The van der Waals surface area contributed by atoms with Crippen molar-refractivity contribution in [1.82, 2.24) is 21.6 Å². The summed E-state index contributed by atoms with van der Waals surface area (Å²) in [5.41, 5.74) is 16.2. The normalized spacial score (nSPS) is 12.3. The molecule has 0 aromatic carbocycles. The predicted octanol–water partition coefficient (Wildman–Crippen LogP) is -5.36. The first-order chi connectivity index (χ1) is 11.7. The lowest BCUT2D eigenvalue weighted by molar-refractivity contribution is -0.130. The summed E-state index contributed by atoms with van der Waals surface area (Å²) in [6, 6.07) is -2.27. The summed E-state index contributed by atoms with van der Waals surface area (Å²) in [5.74, 6) is 12.0. The van der Waals surface area contributed by atoms with Crippen molar-refractivity contribution in [1.29, 1.82) is 0 Å². The van der Waals surface area contributed by atoms with Crippen LogP contribution in [0.1, 0.15) is 25.7 Å². The van der Waals surface area contributed by atoms with Crippen LogP contribution < -0.4 is 50.6 Å². The monoisotopic (exact) mass is 360 g/mol. The van der Waals surface area contributed by atoms with E-state index in [1.165, 1.54) is 0 Å². The van der Waals surface area contributed by atoms with Crippen LogP contribution in [0.2, 0.25) is 0 Å².